The third kappa shape index (κ3) is 5.06. The van der Waals surface area contributed by atoms with E-state index in [0.29, 0.717) is 30.2 Å². The van der Waals surface area contributed by atoms with Crippen molar-refractivity contribution in [1.82, 2.24) is 14.9 Å². The van der Waals surface area contributed by atoms with E-state index < -0.39 is 21.7 Å². The number of nitrogens with zero attached hydrogens (tertiary/aromatic N) is 3. The molecule has 1 fully saturated rings. The van der Waals surface area contributed by atoms with Crippen molar-refractivity contribution in [2.24, 2.45) is 0 Å². The van der Waals surface area contributed by atoms with E-state index in [1.54, 1.807) is 18.3 Å². The second-order valence-corrected chi connectivity index (χ2v) is 10.2. The Morgan fingerprint density at radius 1 is 1.35 bits per heavy atom. The minimum Gasteiger partial charge on any atom is -0.394 e. The molecule has 0 spiro atoms. The van der Waals surface area contributed by atoms with Crippen molar-refractivity contribution >= 4 is 33.0 Å². The predicted molar refractivity (Wildman–Crippen MR) is 118 cm³/mol. The fourth-order valence-electron chi connectivity index (χ4n) is 3.73. The van der Waals surface area contributed by atoms with Crippen molar-refractivity contribution in [2.45, 2.75) is 18.5 Å². The number of nitrogens with one attached hydrogen (secondary N) is 1. The fourth-order valence-corrected chi connectivity index (χ4v) is 5.52. The van der Waals surface area contributed by atoms with Gasteiger partial charge in [-0.25, -0.2) is 22.8 Å². The number of sulfone groups is 1. The molecule has 0 aliphatic carbocycles. The number of aliphatic hydroxyl groups excluding tert-OH is 1. The van der Waals surface area contributed by atoms with Gasteiger partial charge in [-0.05, 0) is 41.8 Å². The predicted octanol–water partition coefficient (Wildman–Crippen LogP) is 2.81. The summed E-state index contributed by atoms with van der Waals surface area (Å²) in [5, 5.41) is 13.0. The van der Waals surface area contributed by atoms with Crippen molar-refractivity contribution in [3.05, 3.63) is 70.9 Å². The summed E-state index contributed by atoms with van der Waals surface area (Å²) < 4.78 is 37.1. The molecule has 2 N–H and O–H groups in total. The van der Waals surface area contributed by atoms with Gasteiger partial charge < -0.3 is 15.3 Å². The monoisotopic (exact) mass is 464 g/mol. The number of aromatic nitrogens is 2. The van der Waals surface area contributed by atoms with Gasteiger partial charge in [-0.15, -0.1) is 0 Å². The second-order valence-electron chi connectivity index (χ2n) is 7.55. The number of hydrogen-bond acceptors (Lipinski definition) is 7. The molecule has 0 radical (unpaired) electrons. The molecular weight excluding hydrogens is 443 g/mol. The van der Waals surface area contributed by atoms with Crippen LogP contribution in [0.15, 0.2) is 48.8 Å². The Morgan fingerprint density at radius 3 is 2.84 bits per heavy atom. The zero-order valence-corrected chi connectivity index (χ0v) is 18.2. The lowest BCUT2D eigenvalue weighted by atomic mass is 10.0. The lowest BCUT2D eigenvalue weighted by Gasteiger charge is -2.31. The van der Waals surface area contributed by atoms with Crippen LogP contribution in [0.1, 0.15) is 23.7 Å². The van der Waals surface area contributed by atoms with E-state index in [1.165, 1.54) is 12.1 Å². The summed E-state index contributed by atoms with van der Waals surface area (Å²) in [5.41, 5.74) is 2.21. The first kappa shape index (κ1) is 21.7. The Balaban J connectivity index is 1.45. The third-order valence-electron chi connectivity index (χ3n) is 5.39. The van der Waals surface area contributed by atoms with Crippen LogP contribution in [0.4, 0.5) is 10.3 Å². The van der Waals surface area contributed by atoms with E-state index in [9.17, 15) is 17.9 Å². The van der Waals surface area contributed by atoms with Crippen LogP contribution in [0.5, 0.6) is 0 Å². The van der Waals surface area contributed by atoms with Crippen LogP contribution < -0.4 is 5.32 Å². The molecule has 1 unspecified atom stereocenters. The summed E-state index contributed by atoms with van der Waals surface area (Å²) in [6, 6.07) is 5.70. The van der Waals surface area contributed by atoms with Gasteiger partial charge in [0.2, 0.25) is 5.95 Å². The van der Waals surface area contributed by atoms with Crippen LogP contribution in [-0.4, -0.2) is 59.1 Å². The number of allylic oxidation sites excluding steroid dienone is 2. The van der Waals surface area contributed by atoms with Gasteiger partial charge in [0.05, 0.1) is 34.9 Å². The number of rotatable bonds is 6. The lowest BCUT2D eigenvalue weighted by molar-refractivity contribution is 0.174. The molecule has 2 atom stereocenters. The van der Waals surface area contributed by atoms with Crippen molar-refractivity contribution < 1.29 is 17.9 Å². The van der Waals surface area contributed by atoms with E-state index in [-0.39, 0.29) is 29.2 Å². The highest BCUT2D eigenvalue weighted by molar-refractivity contribution is 7.91. The van der Waals surface area contributed by atoms with Crippen molar-refractivity contribution in [1.29, 1.82) is 0 Å². The van der Waals surface area contributed by atoms with Crippen molar-refractivity contribution in [3.8, 4) is 0 Å². The summed E-state index contributed by atoms with van der Waals surface area (Å²) in [5.74, 6) is 0.135. The molecular formula is C21H22ClFN4O3S. The zero-order chi connectivity index (χ0) is 22.0. The Kier molecular flexibility index (Phi) is 6.27. The number of halogens is 2. The number of anilines is 1. The molecule has 2 aliphatic heterocycles. The number of aliphatic hydroxyl groups is 1. The first-order valence-electron chi connectivity index (χ1n) is 9.85. The first-order valence-corrected chi connectivity index (χ1v) is 12.0. The highest BCUT2D eigenvalue weighted by Crippen LogP contribution is 2.28. The summed E-state index contributed by atoms with van der Waals surface area (Å²) in [6.07, 6.45) is 7.83. The van der Waals surface area contributed by atoms with Crippen LogP contribution >= 0.6 is 11.6 Å². The van der Waals surface area contributed by atoms with Crippen LogP contribution in [0.3, 0.4) is 0 Å². The molecule has 31 heavy (non-hydrogen) atoms. The molecule has 1 aromatic heterocycles. The second kappa shape index (κ2) is 8.94. The molecule has 0 bridgehead atoms. The quantitative estimate of drug-likeness (QED) is 0.678. The molecule has 4 rings (SSSR count). The molecule has 2 aliphatic rings. The molecule has 2 aromatic rings. The average Bonchev–Trinajstić information content (AvgIpc) is 3.10. The minimum atomic E-state index is -2.99. The largest absolute Gasteiger partial charge is 0.394 e. The van der Waals surface area contributed by atoms with Gasteiger partial charge in [-0.2, -0.15) is 0 Å². The SMILES string of the molecule is O=S1(=O)CCC(Nc2nccc(C3=CCN([C@H](CO)c4ccc(Cl)c(F)c4)C=C3)n2)C1. The van der Waals surface area contributed by atoms with E-state index in [0.717, 1.165) is 5.57 Å². The van der Waals surface area contributed by atoms with Crippen LogP contribution in [0.25, 0.3) is 5.57 Å². The Labute approximate surface area is 185 Å². The van der Waals surface area contributed by atoms with E-state index in [2.05, 4.69) is 15.3 Å². The standard InChI is InChI=1S/C21H22ClFN4O3S/c22-17-2-1-15(11-18(17)23)20(12-28)27-8-4-14(5-9-27)19-3-7-24-21(26-19)25-16-6-10-31(29,30)13-16/h1-5,7-8,11,16,20,28H,6,9-10,12-13H2,(H,24,25,26)/t16?,20-/m1/s1. The Bertz CT molecular complexity index is 1140. The lowest BCUT2D eigenvalue weighted by Crippen LogP contribution is -2.28. The maximum atomic E-state index is 13.8. The van der Waals surface area contributed by atoms with Crippen molar-refractivity contribution in [3.63, 3.8) is 0 Å². The summed E-state index contributed by atoms with van der Waals surface area (Å²) in [4.78, 5) is 10.6. The van der Waals surface area contributed by atoms with E-state index in [4.69, 9.17) is 11.6 Å². The highest BCUT2D eigenvalue weighted by atomic mass is 35.5. The first-order chi connectivity index (χ1) is 14.8. The molecule has 1 saturated heterocycles. The average molecular weight is 465 g/mol. The van der Waals surface area contributed by atoms with Crippen LogP contribution in [0, 0.1) is 5.82 Å². The number of hydrogen-bond donors (Lipinski definition) is 2. The molecule has 0 amide bonds. The molecule has 3 heterocycles. The molecule has 10 heteroatoms. The smallest absolute Gasteiger partial charge is 0.223 e. The Morgan fingerprint density at radius 2 is 2.19 bits per heavy atom. The minimum absolute atomic E-state index is 0.0418. The van der Waals surface area contributed by atoms with Gasteiger partial charge >= 0.3 is 0 Å². The molecule has 7 nitrogen and oxygen atoms in total. The summed E-state index contributed by atoms with van der Waals surface area (Å²) >= 11 is 5.76. The maximum Gasteiger partial charge on any atom is 0.223 e. The van der Waals surface area contributed by atoms with Gasteiger partial charge in [0.1, 0.15) is 5.82 Å². The van der Waals surface area contributed by atoms with Crippen molar-refractivity contribution in [2.75, 3.05) is 30.0 Å². The van der Waals surface area contributed by atoms with Gasteiger partial charge in [-0.1, -0.05) is 23.7 Å². The van der Waals surface area contributed by atoms with Gasteiger partial charge in [-0.3, -0.25) is 0 Å². The van der Waals surface area contributed by atoms with Crippen LogP contribution in [-0.2, 0) is 9.84 Å². The van der Waals surface area contributed by atoms with E-state index in [1.807, 2.05) is 23.3 Å². The molecule has 164 valence electrons. The summed E-state index contributed by atoms with van der Waals surface area (Å²) in [7, 11) is -2.99. The van der Waals surface area contributed by atoms with Gasteiger partial charge in [0.15, 0.2) is 9.84 Å². The zero-order valence-electron chi connectivity index (χ0n) is 16.6. The molecule has 0 saturated carbocycles. The van der Waals surface area contributed by atoms with Gasteiger partial charge in [0, 0.05) is 25.0 Å². The normalized spacial score (nSPS) is 21.1. The topological polar surface area (TPSA) is 95.4 Å². The Hall–Kier alpha value is -2.49. The maximum absolute atomic E-state index is 13.8. The summed E-state index contributed by atoms with van der Waals surface area (Å²) in [6.45, 7) is 0.315. The van der Waals surface area contributed by atoms with Gasteiger partial charge in [0.25, 0.3) is 0 Å². The molecule has 1 aromatic carbocycles. The highest BCUT2D eigenvalue weighted by Gasteiger charge is 2.28. The van der Waals surface area contributed by atoms with E-state index >= 15 is 0 Å². The van der Waals surface area contributed by atoms with Crippen LogP contribution in [0.2, 0.25) is 5.02 Å². The number of benzene rings is 1. The fraction of sp³-hybridized carbons (Fsp3) is 0.333. The third-order valence-corrected chi connectivity index (χ3v) is 7.46.